The molecule has 0 aliphatic heterocycles. The van der Waals surface area contributed by atoms with Crippen LogP contribution in [0.4, 0.5) is 8.78 Å². The summed E-state index contributed by atoms with van der Waals surface area (Å²) in [6, 6.07) is 5.00. The molecule has 0 unspecified atom stereocenters. The van der Waals surface area contributed by atoms with Crippen molar-refractivity contribution in [3.8, 4) is 0 Å². The zero-order valence-electron chi connectivity index (χ0n) is 10.7. The normalized spacial score (nSPS) is 10.9. The monoisotopic (exact) mass is 278 g/mol. The maximum Gasteiger partial charge on any atom is 0.271 e. The molecule has 1 aromatic heterocycles. The molecule has 0 saturated carbocycles. The number of halogens is 2. The van der Waals surface area contributed by atoms with Crippen LogP contribution in [0.2, 0.25) is 0 Å². The molecule has 5 nitrogen and oxygen atoms in total. The average Bonchev–Trinajstić information content (AvgIpc) is 2.80. The highest BCUT2D eigenvalue weighted by Gasteiger charge is 2.07. The molecule has 0 bridgehead atoms. The van der Waals surface area contributed by atoms with Gasteiger partial charge in [0, 0.05) is 12.1 Å². The van der Waals surface area contributed by atoms with Crippen LogP contribution in [-0.2, 0) is 6.54 Å². The SMILES string of the molecule is CCn1ncc(/C=N/NC(=O)c2ccc(F)cc2)c1F. The molecule has 20 heavy (non-hydrogen) atoms. The van der Waals surface area contributed by atoms with E-state index in [-0.39, 0.29) is 11.1 Å². The van der Waals surface area contributed by atoms with Gasteiger partial charge >= 0.3 is 0 Å². The number of aryl methyl sites for hydroxylation is 1. The van der Waals surface area contributed by atoms with Crippen LogP contribution in [0.1, 0.15) is 22.8 Å². The molecular formula is C13H12F2N4O. The predicted molar refractivity (Wildman–Crippen MR) is 69.3 cm³/mol. The molecule has 2 rings (SSSR count). The van der Waals surface area contributed by atoms with Crippen molar-refractivity contribution in [3.05, 3.63) is 53.4 Å². The predicted octanol–water partition coefficient (Wildman–Crippen LogP) is 1.95. The molecule has 0 saturated heterocycles. The number of nitrogens with zero attached hydrogens (tertiary/aromatic N) is 3. The molecular weight excluding hydrogens is 266 g/mol. The number of nitrogens with one attached hydrogen (secondary N) is 1. The lowest BCUT2D eigenvalue weighted by Gasteiger charge is -1.99. The molecule has 1 amide bonds. The fourth-order valence-corrected chi connectivity index (χ4v) is 1.52. The molecule has 104 valence electrons. The van der Waals surface area contributed by atoms with E-state index in [1.54, 1.807) is 6.92 Å². The summed E-state index contributed by atoms with van der Waals surface area (Å²) in [6.45, 7) is 2.16. The van der Waals surface area contributed by atoms with Gasteiger partial charge < -0.3 is 0 Å². The van der Waals surface area contributed by atoms with E-state index >= 15 is 0 Å². The summed E-state index contributed by atoms with van der Waals surface area (Å²) in [4.78, 5) is 11.6. The van der Waals surface area contributed by atoms with Gasteiger partial charge in [0.2, 0.25) is 5.95 Å². The van der Waals surface area contributed by atoms with Crippen LogP contribution >= 0.6 is 0 Å². The van der Waals surface area contributed by atoms with Crippen molar-refractivity contribution < 1.29 is 13.6 Å². The number of amides is 1. The summed E-state index contributed by atoms with van der Waals surface area (Å²) in [6.07, 6.45) is 2.47. The second-order valence-electron chi connectivity index (χ2n) is 3.91. The summed E-state index contributed by atoms with van der Waals surface area (Å²) >= 11 is 0. The Kier molecular flexibility index (Phi) is 4.19. The minimum absolute atomic E-state index is 0.172. The number of hydrogen-bond donors (Lipinski definition) is 1. The Morgan fingerprint density at radius 1 is 1.40 bits per heavy atom. The Hall–Kier alpha value is -2.57. The van der Waals surface area contributed by atoms with Gasteiger partial charge in [0.15, 0.2) is 0 Å². The summed E-state index contributed by atoms with van der Waals surface area (Å²) < 4.78 is 27.4. The van der Waals surface area contributed by atoms with Gasteiger partial charge in [0.25, 0.3) is 5.91 Å². The molecule has 1 aromatic carbocycles. The number of carbonyl (C=O) groups excluding carboxylic acids is 1. The van der Waals surface area contributed by atoms with Crippen LogP contribution < -0.4 is 5.43 Å². The first-order chi connectivity index (χ1) is 9.61. The summed E-state index contributed by atoms with van der Waals surface area (Å²) in [5.41, 5.74) is 2.66. The smallest absolute Gasteiger partial charge is 0.267 e. The van der Waals surface area contributed by atoms with Gasteiger partial charge in [0.1, 0.15) is 5.82 Å². The Morgan fingerprint density at radius 3 is 2.70 bits per heavy atom. The number of rotatable bonds is 4. The maximum absolute atomic E-state index is 13.6. The Labute approximate surface area is 113 Å². The van der Waals surface area contributed by atoms with Crippen molar-refractivity contribution >= 4 is 12.1 Å². The zero-order valence-corrected chi connectivity index (χ0v) is 10.7. The fraction of sp³-hybridized carbons (Fsp3) is 0.154. The summed E-state index contributed by atoms with van der Waals surface area (Å²) in [7, 11) is 0. The van der Waals surface area contributed by atoms with E-state index < -0.39 is 17.7 Å². The Morgan fingerprint density at radius 2 is 2.10 bits per heavy atom. The minimum atomic E-state index is -0.521. The van der Waals surface area contributed by atoms with Gasteiger partial charge in [-0.2, -0.15) is 14.6 Å². The highest BCUT2D eigenvalue weighted by Crippen LogP contribution is 2.04. The highest BCUT2D eigenvalue weighted by atomic mass is 19.1. The van der Waals surface area contributed by atoms with E-state index in [4.69, 9.17) is 0 Å². The lowest BCUT2D eigenvalue weighted by molar-refractivity contribution is 0.0955. The lowest BCUT2D eigenvalue weighted by Crippen LogP contribution is -2.17. The topological polar surface area (TPSA) is 59.3 Å². The van der Waals surface area contributed by atoms with E-state index in [1.807, 2.05) is 0 Å². The molecule has 0 aliphatic carbocycles. The fourth-order valence-electron chi connectivity index (χ4n) is 1.52. The van der Waals surface area contributed by atoms with Gasteiger partial charge in [-0.05, 0) is 31.2 Å². The average molecular weight is 278 g/mol. The van der Waals surface area contributed by atoms with Crippen LogP contribution in [0.25, 0.3) is 0 Å². The second kappa shape index (κ2) is 6.05. The first kappa shape index (κ1) is 13.9. The van der Waals surface area contributed by atoms with Crippen LogP contribution in [0.5, 0.6) is 0 Å². The van der Waals surface area contributed by atoms with E-state index in [1.165, 1.54) is 35.1 Å². The maximum atomic E-state index is 13.6. The second-order valence-corrected chi connectivity index (χ2v) is 3.91. The van der Waals surface area contributed by atoms with E-state index in [9.17, 15) is 13.6 Å². The number of carbonyl (C=O) groups is 1. The van der Waals surface area contributed by atoms with Crippen molar-refractivity contribution in [1.82, 2.24) is 15.2 Å². The molecule has 0 spiro atoms. The molecule has 7 heteroatoms. The minimum Gasteiger partial charge on any atom is -0.267 e. The van der Waals surface area contributed by atoms with Gasteiger partial charge in [-0.25, -0.2) is 14.5 Å². The third-order valence-corrected chi connectivity index (χ3v) is 2.58. The van der Waals surface area contributed by atoms with Crippen LogP contribution in [0.15, 0.2) is 35.6 Å². The molecule has 1 N–H and O–H groups in total. The van der Waals surface area contributed by atoms with Crippen LogP contribution in [0.3, 0.4) is 0 Å². The molecule has 0 fully saturated rings. The van der Waals surface area contributed by atoms with Gasteiger partial charge in [0.05, 0.1) is 18.0 Å². The van der Waals surface area contributed by atoms with E-state index in [2.05, 4.69) is 15.6 Å². The molecule has 1 heterocycles. The number of hydrazone groups is 1. The van der Waals surface area contributed by atoms with Gasteiger partial charge in [-0.1, -0.05) is 0 Å². The highest BCUT2D eigenvalue weighted by molar-refractivity contribution is 5.94. The van der Waals surface area contributed by atoms with E-state index in [0.717, 1.165) is 6.21 Å². The largest absolute Gasteiger partial charge is 0.271 e. The third kappa shape index (κ3) is 3.05. The number of aromatic nitrogens is 2. The van der Waals surface area contributed by atoms with Gasteiger partial charge in [-0.15, -0.1) is 0 Å². The Bertz CT molecular complexity index is 634. The van der Waals surface area contributed by atoms with Crippen molar-refractivity contribution in [2.75, 3.05) is 0 Å². The third-order valence-electron chi connectivity index (χ3n) is 2.58. The molecule has 0 aliphatic rings. The van der Waals surface area contributed by atoms with E-state index in [0.29, 0.717) is 6.54 Å². The number of benzene rings is 1. The van der Waals surface area contributed by atoms with Crippen LogP contribution in [0, 0.1) is 11.8 Å². The molecule has 0 atom stereocenters. The molecule has 0 radical (unpaired) electrons. The van der Waals surface area contributed by atoms with Crippen molar-refractivity contribution in [2.45, 2.75) is 13.5 Å². The quantitative estimate of drug-likeness (QED) is 0.686. The van der Waals surface area contributed by atoms with Crippen LogP contribution in [-0.4, -0.2) is 21.9 Å². The zero-order chi connectivity index (χ0) is 14.5. The lowest BCUT2D eigenvalue weighted by atomic mass is 10.2. The summed E-state index contributed by atoms with van der Waals surface area (Å²) in [5, 5.41) is 7.43. The summed E-state index contributed by atoms with van der Waals surface area (Å²) in [5.74, 6) is -1.46. The first-order valence-corrected chi connectivity index (χ1v) is 5.92. The Balaban J connectivity index is 2.00. The van der Waals surface area contributed by atoms with Crippen molar-refractivity contribution in [3.63, 3.8) is 0 Å². The van der Waals surface area contributed by atoms with Gasteiger partial charge in [-0.3, -0.25) is 4.79 Å². The number of hydrogen-bond acceptors (Lipinski definition) is 3. The molecule has 2 aromatic rings. The standard InChI is InChI=1S/C13H12F2N4O/c1-2-19-12(15)10(8-17-19)7-16-18-13(20)9-3-5-11(14)6-4-9/h3-8H,2H2,1H3,(H,18,20)/b16-7+. The first-order valence-electron chi connectivity index (χ1n) is 5.92. The van der Waals surface area contributed by atoms with Crippen molar-refractivity contribution in [2.24, 2.45) is 5.10 Å². The van der Waals surface area contributed by atoms with Crippen molar-refractivity contribution in [1.29, 1.82) is 0 Å².